The van der Waals surface area contributed by atoms with Crippen molar-refractivity contribution in [3.63, 3.8) is 0 Å². The number of thioether (sulfide) groups is 1. The van der Waals surface area contributed by atoms with Gasteiger partial charge in [0.25, 0.3) is 0 Å². The largest absolute Gasteiger partial charge is 0.355 e. The van der Waals surface area contributed by atoms with Crippen molar-refractivity contribution in [1.29, 1.82) is 0 Å². The minimum Gasteiger partial charge on any atom is -0.355 e. The third kappa shape index (κ3) is 5.88. The normalized spacial score (nSPS) is 12.0. The molecule has 0 spiro atoms. The zero-order valence-electron chi connectivity index (χ0n) is 12.9. The minimum absolute atomic E-state index is 0.0350. The van der Waals surface area contributed by atoms with Crippen molar-refractivity contribution < 1.29 is 9.18 Å². The number of hydrogen-bond acceptors (Lipinski definition) is 2. The second kappa shape index (κ2) is 8.94. The number of carbonyl (C=O) groups excluding carboxylic acids is 1. The van der Waals surface area contributed by atoms with Crippen LogP contribution in [0.25, 0.3) is 0 Å². The molecule has 122 valence electrons. The Labute approximate surface area is 145 Å². The van der Waals surface area contributed by atoms with Gasteiger partial charge in [-0.05, 0) is 29.2 Å². The number of nitrogens with one attached hydrogen (secondary N) is 1. The van der Waals surface area contributed by atoms with Crippen LogP contribution in [-0.2, 0) is 10.5 Å². The van der Waals surface area contributed by atoms with Crippen molar-refractivity contribution in [2.75, 3.05) is 12.3 Å². The quantitative estimate of drug-likeness (QED) is 0.787. The van der Waals surface area contributed by atoms with Crippen LogP contribution >= 0.6 is 23.4 Å². The number of halogens is 2. The predicted octanol–water partition coefficient (Wildman–Crippen LogP) is 4.63. The Morgan fingerprint density at radius 2 is 2.00 bits per heavy atom. The van der Waals surface area contributed by atoms with Gasteiger partial charge in [-0.1, -0.05) is 54.9 Å². The Balaban J connectivity index is 1.71. The Morgan fingerprint density at radius 3 is 2.70 bits per heavy atom. The van der Waals surface area contributed by atoms with Gasteiger partial charge in [0.2, 0.25) is 5.91 Å². The molecule has 2 aromatic carbocycles. The van der Waals surface area contributed by atoms with E-state index in [0.717, 1.165) is 0 Å². The molecular weight excluding hydrogens is 333 g/mol. The van der Waals surface area contributed by atoms with Crippen LogP contribution in [0.3, 0.4) is 0 Å². The highest BCUT2D eigenvalue weighted by molar-refractivity contribution is 7.99. The molecule has 2 rings (SSSR count). The first-order valence-electron chi connectivity index (χ1n) is 7.39. The molecule has 0 fully saturated rings. The standard InChI is InChI=1S/C18H19ClFNOS/c1-13(14-5-3-2-4-6-14)10-21-18(22)12-23-11-15-7-8-16(19)9-17(15)20/h2-9,13H,10-12H2,1H3,(H,21,22)/t13-/m1/s1. The molecular formula is C18H19ClFNOS. The molecule has 0 unspecified atom stereocenters. The van der Waals surface area contributed by atoms with Gasteiger partial charge in [-0.2, -0.15) is 0 Å². The van der Waals surface area contributed by atoms with Crippen LogP contribution in [0.1, 0.15) is 24.0 Å². The van der Waals surface area contributed by atoms with Crippen LogP contribution in [0.2, 0.25) is 5.02 Å². The van der Waals surface area contributed by atoms with Gasteiger partial charge in [0, 0.05) is 17.3 Å². The monoisotopic (exact) mass is 351 g/mol. The zero-order valence-corrected chi connectivity index (χ0v) is 14.5. The maximum atomic E-state index is 13.6. The molecule has 2 nitrogen and oxygen atoms in total. The molecule has 5 heteroatoms. The van der Waals surface area contributed by atoms with E-state index in [1.807, 2.05) is 18.2 Å². The van der Waals surface area contributed by atoms with Gasteiger partial charge in [0.1, 0.15) is 5.82 Å². The van der Waals surface area contributed by atoms with Crippen molar-refractivity contribution in [2.24, 2.45) is 0 Å². The fourth-order valence-electron chi connectivity index (χ4n) is 2.11. The summed E-state index contributed by atoms with van der Waals surface area (Å²) in [7, 11) is 0. The van der Waals surface area contributed by atoms with Crippen molar-refractivity contribution in [2.45, 2.75) is 18.6 Å². The lowest BCUT2D eigenvalue weighted by Gasteiger charge is -2.13. The molecule has 0 aliphatic heterocycles. The first kappa shape index (κ1) is 17.8. The summed E-state index contributed by atoms with van der Waals surface area (Å²) in [4.78, 5) is 11.9. The molecule has 0 aliphatic carbocycles. The number of rotatable bonds is 7. The molecule has 0 radical (unpaired) electrons. The van der Waals surface area contributed by atoms with Crippen LogP contribution in [-0.4, -0.2) is 18.2 Å². The highest BCUT2D eigenvalue weighted by Gasteiger charge is 2.09. The topological polar surface area (TPSA) is 29.1 Å². The van der Waals surface area contributed by atoms with E-state index in [9.17, 15) is 9.18 Å². The van der Waals surface area contributed by atoms with Gasteiger partial charge < -0.3 is 5.32 Å². The first-order chi connectivity index (χ1) is 11.1. The summed E-state index contributed by atoms with van der Waals surface area (Å²) in [5.74, 6) is 0.656. The summed E-state index contributed by atoms with van der Waals surface area (Å²) in [6.45, 7) is 2.67. The highest BCUT2D eigenvalue weighted by Crippen LogP contribution is 2.19. The van der Waals surface area contributed by atoms with Crippen LogP contribution in [0.4, 0.5) is 4.39 Å². The molecule has 0 aliphatic rings. The van der Waals surface area contributed by atoms with Gasteiger partial charge in [-0.15, -0.1) is 11.8 Å². The summed E-state index contributed by atoms with van der Waals surface area (Å²) < 4.78 is 13.6. The van der Waals surface area contributed by atoms with Crippen molar-refractivity contribution >= 4 is 29.3 Å². The zero-order chi connectivity index (χ0) is 16.7. The van der Waals surface area contributed by atoms with Crippen LogP contribution in [0.15, 0.2) is 48.5 Å². The van der Waals surface area contributed by atoms with Gasteiger partial charge in [0.05, 0.1) is 5.75 Å². The van der Waals surface area contributed by atoms with E-state index in [2.05, 4.69) is 24.4 Å². The second-order valence-electron chi connectivity index (χ2n) is 5.34. The van der Waals surface area contributed by atoms with E-state index in [4.69, 9.17) is 11.6 Å². The lowest BCUT2D eigenvalue weighted by Crippen LogP contribution is -2.29. The summed E-state index contributed by atoms with van der Waals surface area (Å²) in [5, 5.41) is 3.29. The smallest absolute Gasteiger partial charge is 0.230 e. The molecule has 1 atom stereocenters. The average molecular weight is 352 g/mol. The first-order valence-corrected chi connectivity index (χ1v) is 8.93. The molecule has 0 bridgehead atoms. The average Bonchev–Trinajstić information content (AvgIpc) is 2.55. The van der Waals surface area contributed by atoms with E-state index >= 15 is 0 Å². The molecule has 23 heavy (non-hydrogen) atoms. The molecule has 2 aromatic rings. The number of amides is 1. The van der Waals surface area contributed by atoms with E-state index in [1.54, 1.807) is 12.1 Å². The molecule has 0 aromatic heterocycles. The SMILES string of the molecule is C[C@H](CNC(=O)CSCc1ccc(Cl)cc1F)c1ccccc1. The molecule has 0 saturated carbocycles. The maximum Gasteiger partial charge on any atom is 0.230 e. The van der Waals surface area contributed by atoms with Gasteiger partial charge in [-0.3, -0.25) is 4.79 Å². The van der Waals surface area contributed by atoms with Crippen molar-refractivity contribution in [1.82, 2.24) is 5.32 Å². The lowest BCUT2D eigenvalue weighted by molar-refractivity contribution is -0.118. The third-order valence-corrected chi connectivity index (χ3v) is 4.70. The fourth-order valence-corrected chi connectivity index (χ4v) is 3.11. The Morgan fingerprint density at radius 1 is 1.26 bits per heavy atom. The van der Waals surface area contributed by atoms with E-state index in [-0.39, 0.29) is 17.6 Å². The van der Waals surface area contributed by atoms with Gasteiger partial charge in [0.15, 0.2) is 0 Å². The number of carbonyl (C=O) groups is 1. The summed E-state index contributed by atoms with van der Waals surface area (Å²) >= 11 is 7.10. The Kier molecular flexibility index (Phi) is 6.93. The van der Waals surface area contributed by atoms with E-state index in [0.29, 0.717) is 28.6 Å². The summed E-state index contributed by atoms with van der Waals surface area (Å²) in [6, 6.07) is 14.7. The second-order valence-corrected chi connectivity index (χ2v) is 6.77. The van der Waals surface area contributed by atoms with Crippen LogP contribution in [0, 0.1) is 5.82 Å². The highest BCUT2D eigenvalue weighted by atomic mass is 35.5. The Hall–Kier alpha value is -1.52. The molecule has 0 saturated heterocycles. The maximum absolute atomic E-state index is 13.6. The minimum atomic E-state index is -0.330. The Bertz CT molecular complexity index is 651. The van der Waals surface area contributed by atoms with Crippen LogP contribution < -0.4 is 5.32 Å². The van der Waals surface area contributed by atoms with Crippen molar-refractivity contribution in [3.8, 4) is 0 Å². The molecule has 1 N–H and O–H groups in total. The summed E-state index contributed by atoms with van der Waals surface area (Å²) in [5.41, 5.74) is 1.76. The fraction of sp³-hybridized carbons (Fsp3) is 0.278. The van der Waals surface area contributed by atoms with Crippen molar-refractivity contribution in [3.05, 3.63) is 70.5 Å². The third-order valence-electron chi connectivity index (χ3n) is 3.48. The molecule has 1 amide bonds. The van der Waals surface area contributed by atoms with E-state index < -0.39 is 0 Å². The molecule has 0 heterocycles. The lowest BCUT2D eigenvalue weighted by atomic mass is 10.0. The van der Waals surface area contributed by atoms with E-state index in [1.165, 1.54) is 23.4 Å². The van der Waals surface area contributed by atoms with Crippen LogP contribution in [0.5, 0.6) is 0 Å². The van der Waals surface area contributed by atoms with Gasteiger partial charge in [-0.25, -0.2) is 4.39 Å². The predicted molar refractivity (Wildman–Crippen MR) is 95.4 cm³/mol. The number of hydrogen-bond donors (Lipinski definition) is 1. The summed E-state index contributed by atoms with van der Waals surface area (Å²) in [6.07, 6.45) is 0. The number of benzene rings is 2. The van der Waals surface area contributed by atoms with Gasteiger partial charge >= 0.3 is 0 Å².